The van der Waals surface area contributed by atoms with Gasteiger partial charge in [-0.1, -0.05) is 0 Å². The summed E-state index contributed by atoms with van der Waals surface area (Å²) in [4.78, 5) is 21.5. The first kappa shape index (κ1) is 17.1. The number of thioether (sulfide) groups is 1. The molecule has 0 bridgehead atoms. The molecule has 0 unspecified atom stereocenters. The normalized spacial score (nSPS) is 13.6. The largest absolute Gasteiger partial charge is 0.504 e. The minimum Gasteiger partial charge on any atom is -0.504 e. The van der Waals surface area contributed by atoms with Crippen LogP contribution in [0.15, 0.2) is 17.0 Å². The second kappa shape index (κ2) is 7.16. The molecule has 0 amide bonds. The third kappa shape index (κ3) is 4.81. The minimum atomic E-state index is -1.19. The Morgan fingerprint density at radius 1 is 1.10 bits per heavy atom. The van der Waals surface area contributed by atoms with Crippen LogP contribution in [0, 0.1) is 0 Å². The number of aromatic hydroxyl groups is 2. The molecule has 0 radical (unpaired) electrons. The van der Waals surface area contributed by atoms with E-state index in [-0.39, 0.29) is 17.1 Å². The zero-order chi connectivity index (χ0) is 16.2. The molecule has 9 heteroatoms. The van der Waals surface area contributed by atoms with Crippen molar-refractivity contribution in [3.63, 3.8) is 0 Å². The number of carboxylic acids is 2. The Balaban J connectivity index is 2.90. The third-order valence-corrected chi connectivity index (χ3v) is 3.77. The smallest absolute Gasteiger partial charge is 0.321 e. The number of carbonyl (C=O) groups is 2. The summed E-state index contributed by atoms with van der Waals surface area (Å²) in [5.74, 6) is -3.24. The highest BCUT2D eigenvalue weighted by molar-refractivity contribution is 7.99. The first-order chi connectivity index (χ1) is 9.72. The number of phenolic OH excluding ortho intramolecular Hbond substituents is 2. The summed E-state index contributed by atoms with van der Waals surface area (Å²) in [5.41, 5.74) is 11.2. The summed E-state index contributed by atoms with van der Waals surface area (Å²) in [7, 11) is 0. The average molecular weight is 316 g/mol. The lowest BCUT2D eigenvalue weighted by Crippen LogP contribution is -2.32. The van der Waals surface area contributed by atoms with E-state index in [1.807, 2.05) is 0 Å². The first-order valence-electron chi connectivity index (χ1n) is 5.86. The van der Waals surface area contributed by atoms with Gasteiger partial charge in [-0.25, -0.2) is 0 Å². The van der Waals surface area contributed by atoms with Crippen LogP contribution in [-0.2, 0) is 16.0 Å². The Morgan fingerprint density at radius 3 is 2.19 bits per heavy atom. The van der Waals surface area contributed by atoms with E-state index in [1.54, 1.807) is 0 Å². The molecule has 8 nitrogen and oxygen atoms in total. The highest BCUT2D eigenvalue weighted by Crippen LogP contribution is 2.37. The molecule has 1 rings (SSSR count). The summed E-state index contributed by atoms with van der Waals surface area (Å²) >= 11 is 0.943. The summed E-state index contributed by atoms with van der Waals surface area (Å²) in [6.45, 7) is 0. The molecule has 1 aromatic rings. The van der Waals surface area contributed by atoms with E-state index >= 15 is 0 Å². The van der Waals surface area contributed by atoms with Crippen molar-refractivity contribution in [2.45, 2.75) is 23.4 Å². The summed E-state index contributed by atoms with van der Waals surface area (Å²) in [6, 6.07) is 0.380. The van der Waals surface area contributed by atoms with Crippen LogP contribution in [0.2, 0.25) is 0 Å². The second-order valence-electron chi connectivity index (χ2n) is 4.37. The van der Waals surface area contributed by atoms with Gasteiger partial charge in [-0.3, -0.25) is 9.59 Å². The van der Waals surface area contributed by atoms with Crippen LogP contribution < -0.4 is 11.5 Å². The molecule has 0 aliphatic heterocycles. The van der Waals surface area contributed by atoms with Crippen LogP contribution in [0.25, 0.3) is 0 Å². The summed E-state index contributed by atoms with van der Waals surface area (Å²) in [5, 5.41) is 36.8. The Labute approximate surface area is 124 Å². The highest BCUT2D eigenvalue weighted by atomic mass is 32.2. The monoisotopic (exact) mass is 316 g/mol. The van der Waals surface area contributed by atoms with E-state index in [9.17, 15) is 19.8 Å². The Hall–Kier alpha value is -1.97. The number of aliphatic carboxylic acids is 2. The van der Waals surface area contributed by atoms with Crippen molar-refractivity contribution < 1.29 is 30.0 Å². The zero-order valence-corrected chi connectivity index (χ0v) is 11.7. The van der Waals surface area contributed by atoms with E-state index < -0.39 is 35.5 Å². The van der Waals surface area contributed by atoms with Crippen molar-refractivity contribution in [3.05, 3.63) is 17.7 Å². The standard InChI is InChI=1S/C12H16N2O6S/c13-6(11(17)18)1-5-2-8(15)10(16)9(3-5)21-4-7(14)12(19)20/h2-3,6-7,15-16H,1,4,13-14H2,(H,17,18)(H,19,20)/t6-,7+/m0/s1. The van der Waals surface area contributed by atoms with Crippen LogP contribution in [0.1, 0.15) is 5.56 Å². The average Bonchev–Trinajstić information content (AvgIpc) is 2.40. The van der Waals surface area contributed by atoms with Gasteiger partial charge < -0.3 is 31.9 Å². The lowest BCUT2D eigenvalue weighted by molar-refractivity contribution is -0.139. The quantitative estimate of drug-likeness (QED) is 0.288. The van der Waals surface area contributed by atoms with Gasteiger partial charge in [0, 0.05) is 5.75 Å². The molecule has 2 atom stereocenters. The van der Waals surface area contributed by atoms with E-state index in [4.69, 9.17) is 21.7 Å². The van der Waals surface area contributed by atoms with Crippen molar-refractivity contribution in [1.82, 2.24) is 0 Å². The van der Waals surface area contributed by atoms with Crippen molar-refractivity contribution in [3.8, 4) is 11.5 Å². The number of hydrogen-bond donors (Lipinski definition) is 6. The van der Waals surface area contributed by atoms with Gasteiger partial charge in [-0.2, -0.15) is 0 Å². The molecule has 116 valence electrons. The van der Waals surface area contributed by atoms with Crippen molar-refractivity contribution in [1.29, 1.82) is 0 Å². The number of hydrogen-bond acceptors (Lipinski definition) is 7. The molecular weight excluding hydrogens is 300 g/mol. The third-order valence-electron chi connectivity index (χ3n) is 2.62. The van der Waals surface area contributed by atoms with E-state index in [0.717, 1.165) is 11.8 Å². The van der Waals surface area contributed by atoms with Gasteiger partial charge in [0.15, 0.2) is 11.5 Å². The molecule has 1 aromatic carbocycles. The molecule has 0 saturated heterocycles. The summed E-state index contributed by atoms with van der Waals surface area (Å²) in [6.07, 6.45) is -0.0400. The van der Waals surface area contributed by atoms with Gasteiger partial charge in [0.1, 0.15) is 12.1 Å². The molecule has 0 spiro atoms. The SMILES string of the molecule is N[C@H](CSc1cc(C[C@H](N)C(=O)O)cc(O)c1O)C(=O)O. The lowest BCUT2D eigenvalue weighted by Gasteiger charge is -2.12. The molecule has 8 N–H and O–H groups in total. The number of benzene rings is 1. The molecule has 21 heavy (non-hydrogen) atoms. The predicted octanol–water partition coefficient (Wildman–Crippen LogP) is -0.444. The fourth-order valence-electron chi connectivity index (χ4n) is 1.47. The molecule has 0 aliphatic rings. The minimum absolute atomic E-state index is 0.0171. The van der Waals surface area contributed by atoms with Crippen molar-refractivity contribution >= 4 is 23.7 Å². The van der Waals surface area contributed by atoms with Gasteiger partial charge in [-0.05, 0) is 24.1 Å². The van der Waals surface area contributed by atoms with Gasteiger partial charge in [0.2, 0.25) is 0 Å². The lowest BCUT2D eigenvalue weighted by atomic mass is 10.1. The number of nitrogens with two attached hydrogens (primary N) is 2. The van der Waals surface area contributed by atoms with Crippen LogP contribution in [0.5, 0.6) is 11.5 Å². The number of phenols is 2. The van der Waals surface area contributed by atoms with Crippen molar-refractivity contribution in [2.75, 3.05) is 5.75 Å². The van der Waals surface area contributed by atoms with Crippen molar-refractivity contribution in [2.24, 2.45) is 11.5 Å². The van der Waals surface area contributed by atoms with Crippen LogP contribution in [0.3, 0.4) is 0 Å². The maximum absolute atomic E-state index is 10.7. The Bertz CT molecular complexity index is 551. The van der Waals surface area contributed by atoms with Gasteiger partial charge in [0.05, 0.1) is 4.90 Å². The van der Waals surface area contributed by atoms with Gasteiger partial charge in [-0.15, -0.1) is 11.8 Å². The maximum atomic E-state index is 10.7. The predicted molar refractivity (Wildman–Crippen MR) is 75.4 cm³/mol. The Morgan fingerprint density at radius 2 is 1.67 bits per heavy atom. The van der Waals surface area contributed by atoms with E-state index in [0.29, 0.717) is 5.56 Å². The van der Waals surface area contributed by atoms with Crippen LogP contribution >= 0.6 is 11.8 Å². The van der Waals surface area contributed by atoms with E-state index in [1.165, 1.54) is 12.1 Å². The highest BCUT2D eigenvalue weighted by Gasteiger charge is 2.18. The summed E-state index contributed by atoms with van der Waals surface area (Å²) < 4.78 is 0. The molecule has 0 fully saturated rings. The van der Waals surface area contributed by atoms with Gasteiger partial charge in [0.25, 0.3) is 0 Å². The topological polar surface area (TPSA) is 167 Å². The molecular formula is C12H16N2O6S. The maximum Gasteiger partial charge on any atom is 0.321 e. The number of rotatable bonds is 7. The molecule has 0 saturated carbocycles. The Kier molecular flexibility index (Phi) is 5.82. The van der Waals surface area contributed by atoms with Crippen LogP contribution in [-0.4, -0.2) is 50.2 Å². The fourth-order valence-corrected chi connectivity index (χ4v) is 2.45. The molecule has 0 aliphatic carbocycles. The zero-order valence-electron chi connectivity index (χ0n) is 10.9. The molecule has 0 heterocycles. The fraction of sp³-hybridized carbons (Fsp3) is 0.333. The number of carboxylic acid groups (broad SMARTS) is 2. The molecule has 0 aromatic heterocycles. The van der Waals surface area contributed by atoms with E-state index in [2.05, 4.69) is 0 Å². The first-order valence-corrected chi connectivity index (χ1v) is 6.85. The van der Waals surface area contributed by atoms with Gasteiger partial charge >= 0.3 is 11.9 Å². The van der Waals surface area contributed by atoms with Crippen LogP contribution in [0.4, 0.5) is 0 Å². The second-order valence-corrected chi connectivity index (χ2v) is 5.43.